The number of hydrogen-bond acceptors (Lipinski definition) is 3. The van der Waals surface area contributed by atoms with Gasteiger partial charge in [-0.3, -0.25) is 4.79 Å². The molecule has 0 amide bonds. The van der Waals surface area contributed by atoms with Crippen LogP contribution in [0.4, 0.5) is 0 Å². The molecule has 0 radical (unpaired) electrons. The van der Waals surface area contributed by atoms with E-state index in [1.165, 1.54) is 0 Å². The largest absolute Gasteiger partial charge is 0.480 e. The number of aliphatic carboxylic acids is 1. The van der Waals surface area contributed by atoms with Gasteiger partial charge in [0.2, 0.25) is 0 Å². The highest BCUT2D eigenvalue weighted by Gasteiger charge is 2.35. The molecule has 1 rings (SSSR count). The number of carboxylic acids is 1. The fourth-order valence-electron chi connectivity index (χ4n) is 1.73. The van der Waals surface area contributed by atoms with Crippen molar-refractivity contribution in [1.29, 1.82) is 0 Å². The third-order valence-corrected chi connectivity index (χ3v) is 2.81. The molecular formula is C11H21NO3. The lowest BCUT2D eigenvalue weighted by atomic mass is 10.1. The molecule has 4 nitrogen and oxygen atoms in total. The average molecular weight is 215 g/mol. The molecule has 1 fully saturated rings. The Morgan fingerprint density at radius 2 is 1.93 bits per heavy atom. The molecule has 4 heteroatoms. The number of carboxylic acid groups (broad SMARTS) is 1. The molecule has 1 unspecified atom stereocenters. The van der Waals surface area contributed by atoms with Crippen molar-refractivity contribution in [2.24, 2.45) is 5.92 Å². The van der Waals surface area contributed by atoms with Crippen molar-refractivity contribution >= 4 is 5.97 Å². The van der Waals surface area contributed by atoms with Crippen LogP contribution in [0.3, 0.4) is 0 Å². The monoisotopic (exact) mass is 215 g/mol. The van der Waals surface area contributed by atoms with Crippen molar-refractivity contribution in [3.8, 4) is 0 Å². The minimum Gasteiger partial charge on any atom is -0.480 e. The summed E-state index contributed by atoms with van der Waals surface area (Å²) in [5, 5.41) is 20.6. The Hall–Kier alpha value is -0.610. The van der Waals surface area contributed by atoms with Crippen LogP contribution in [0.25, 0.3) is 0 Å². The summed E-state index contributed by atoms with van der Waals surface area (Å²) < 4.78 is 0. The Labute approximate surface area is 90.7 Å². The Kier molecular flexibility index (Phi) is 5.65. The van der Waals surface area contributed by atoms with Crippen LogP contribution in [-0.2, 0) is 4.79 Å². The molecule has 1 saturated carbocycles. The summed E-state index contributed by atoms with van der Waals surface area (Å²) in [7, 11) is 0. The lowest BCUT2D eigenvalue weighted by molar-refractivity contribution is -0.140. The lowest BCUT2D eigenvalue weighted by Crippen LogP contribution is -2.39. The molecule has 15 heavy (non-hydrogen) atoms. The van der Waals surface area contributed by atoms with Gasteiger partial charge < -0.3 is 15.5 Å². The van der Waals surface area contributed by atoms with Gasteiger partial charge in [0.1, 0.15) is 6.04 Å². The minimum atomic E-state index is -0.715. The number of aliphatic hydroxyl groups is 1. The topological polar surface area (TPSA) is 69.6 Å². The molecule has 0 spiro atoms. The van der Waals surface area contributed by atoms with E-state index in [-0.39, 0.29) is 12.6 Å². The molecule has 0 aliphatic heterocycles. The Balaban J connectivity index is 1.99. The van der Waals surface area contributed by atoms with Gasteiger partial charge in [-0.05, 0) is 38.1 Å². The van der Waals surface area contributed by atoms with Crippen LogP contribution in [0.15, 0.2) is 0 Å². The standard InChI is InChI=1S/C11H21NO3/c13-8-4-2-1-3-7-12-10(11(14)15)9-5-6-9/h9-10,12-13H,1-8H2,(H,14,15). The number of rotatable bonds is 9. The second kappa shape index (κ2) is 6.80. The van der Waals surface area contributed by atoms with Gasteiger partial charge in [0, 0.05) is 6.61 Å². The van der Waals surface area contributed by atoms with E-state index < -0.39 is 5.97 Å². The van der Waals surface area contributed by atoms with E-state index in [4.69, 9.17) is 10.2 Å². The van der Waals surface area contributed by atoms with Crippen LogP contribution in [0, 0.1) is 5.92 Å². The summed E-state index contributed by atoms with van der Waals surface area (Å²) in [5.74, 6) is -0.354. The van der Waals surface area contributed by atoms with Gasteiger partial charge in [-0.2, -0.15) is 0 Å². The first-order valence-electron chi connectivity index (χ1n) is 5.82. The van der Waals surface area contributed by atoms with Crippen LogP contribution in [0.5, 0.6) is 0 Å². The first-order valence-corrected chi connectivity index (χ1v) is 5.82. The van der Waals surface area contributed by atoms with Gasteiger partial charge in [0.05, 0.1) is 0 Å². The summed E-state index contributed by atoms with van der Waals surface area (Å²) in [6, 6.07) is -0.331. The smallest absolute Gasteiger partial charge is 0.320 e. The van der Waals surface area contributed by atoms with Crippen molar-refractivity contribution in [3.05, 3.63) is 0 Å². The average Bonchev–Trinajstić information content (AvgIpc) is 3.00. The molecule has 0 aromatic heterocycles. The van der Waals surface area contributed by atoms with Crippen LogP contribution < -0.4 is 5.32 Å². The van der Waals surface area contributed by atoms with E-state index in [0.29, 0.717) is 5.92 Å². The van der Waals surface area contributed by atoms with Crippen LogP contribution >= 0.6 is 0 Å². The Morgan fingerprint density at radius 1 is 1.27 bits per heavy atom. The maximum Gasteiger partial charge on any atom is 0.320 e. The zero-order valence-corrected chi connectivity index (χ0v) is 9.11. The fraction of sp³-hybridized carbons (Fsp3) is 0.909. The number of nitrogens with one attached hydrogen (secondary N) is 1. The lowest BCUT2D eigenvalue weighted by Gasteiger charge is -2.12. The Bertz CT molecular complexity index is 192. The molecule has 1 aliphatic rings. The highest BCUT2D eigenvalue weighted by Crippen LogP contribution is 2.32. The van der Waals surface area contributed by atoms with E-state index in [1.807, 2.05) is 0 Å². The molecule has 0 aromatic carbocycles. The number of aliphatic hydroxyl groups excluding tert-OH is 1. The molecule has 0 aromatic rings. The van der Waals surface area contributed by atoms with Gasteiger partial charge in [-0.25, -0.2) is 0 Å². The van der Waals surface area contributed by atoms with E-state index in [1.54, 1.807) is 0 Å². The second-order valence-electron chi connectivity index (χ2n) is 4.25. The maximum atomic E-state index is 10.9. The summed E-state index contributed by atoms with van der Waals surface area (Å²) in [4.78, 5) is 10.9. The highest BCUT2D eigenvalue weighted by molar-refractivity contribution is 5.74. The molecule has 0 bridgehead atoms. The molecule has 1 atom stereocenters. The van der Waals surface area contributed by atoms with Crippen molar-refractivity contribution in [1.82, 2.24) is 5.32 Å². The quantitative estimate of drug-likeness (QED) is 0.502. The van der Waals surface area contributed by atoms with Crippen molar-refractivity contribution in [2.45, 2.75) is 44.6 Å². The number of unbranched alkanes of at least 4 members (excludes halogenated alkanes) is 3. The predicted molar refractivity (Wildman–Crippen MR) is 57.7 cm³/mol. The summed E-state index contributed by atoms with van der Waals surface area (Å²) in [6.45, 7) is 1.03. The fourth-order valence-corrected chi connectivity index (χ4v) is 1.73. The second-order valence-corrected chi connectivity index (χ2v) is 4.25. The molecule has 88 valence electrons. The first-order chi connectivity index (χ1) is 7.25. The highest BCUT2D eigenvalue weighted by atomic mass is 16.4. The summed E-state index contributed by atoms with van der Waals surface area (Å²) >= 11 is 0. The van der Waals surface area contributed by atoms with Gasteiger partial charge in [-0.15, -0.1) is 0 Å². The number of carbonyl (C=O) groups is 1. The molecule has 0 heterocycles. The van der Waals surface area contributed by atoms with E-state index in [0.717, 1.165) is 45.1 Å². The van der Waals surface area contributed by atoms with Gasteiger partial charge >= 0.3 is 5.97 Å². The van der Waals surface area contributed by atoms with E-state index in [9.17, 15) is 4.79 Å². The van der Waals surface area contributed by atoms with E-state index in [2.05, 4.69) is 5.32 Å². The maximum absolute atomic E-state index is 10.9. The number of hydrogen-bond donors (Lipinski definition) is 3. The Morgan fingerprint density at radius 3 is 2.47 bits per heavy atom. The molecule has 3 N–H and O–H groups in total. The molecule has 1 aliphatic carbocycles. The van der Waals surface area contributed by atoms with Crippen molar-refractivity contribution < 1.29 is 15.0 Å². The van der Waals surface area contributed by atoms with Gasteiger partial charge in [0.15, 0.2) is 0 Å². The minimum absolute atomic E-state index is 0.257. The third-order valence-electron chi connectivity index (χ3n) is 2.81. The summed E-state index contributed by atoms with van der Waals surface area (Å²) in [6.07, 6.45) is 6.04. The van der Waals surface area contributed by atoms with Crippen LogP contribution in [0.2, 0.25) is 0 Å². The van der Waals surface area contributed by atoms with Gasteiger partial charge in [0.25, 0.3) is 0 Å². The van der Waals surface area contributed by atoms with Crippen LogP contribution in [0.1, 0.15) is 38.5 Å². The predicted octanol–water partition coefficient (Wildman–Crippen LogP) is 0.992. The first kappa shape index (κ1) is 12.5. The summed E-state index contributed by atoms with van der Waals surface area (Å²) in [5.41, 5.74) is 0. The third kappa shape index (κ3) is 5.14. The molecular weight excluding hydrogens is 194 g/mol. The van der Waals surface area contributed by atoms with Gasteiger partial charge in [-0.1, -0.05) is 12.8 Å². The normalized spacial score (nSPS) is 17.7. The zero-order valence-electron chi connectivity index (χ0n) is 9.11. The van der Waals surface area contributed by atoms with Crippen molar-refractivity contribution in [2.75, 3.05) is 13.2 Å². The zero-order chi connectivity index (χ0) is 11.1. The van der Waals surface area contributed by atoms with E-state index >= 15 is 0 Å². The van der Waals surface area contributed by atoms with Crippen molar-refractivity contribution in [3.63, 3.8) is 0 Å². The molecule has 0 saturated heterocycles. The SMILES string of the molecule is O=C(O)C(NCCCCCCO)C1CC1. The van der Waals surface area contributed by atoms with Crippen LogP contribution in [-0.4, -0.2) is 35.4 Å².